The predicted molar refractivity (Wildman–Crippen MR) is 75.1 cm³/mol. The predicted octanol–water partition coefficient (Wildman–Crippen LogP) is 3.26. The van der Waals surface area contributed by atoms with Crippen LogP contribution >= 0.6 is 34.2 Å². The van der Waals surface area contributed by atoms with Crippen LogP contribution in [0.15, 0.2) is 33.9 Å². The molecule has 0 aliphatic rings. The third-order valence-corrected chi connectivity index (χ3v) is 3.03. The lowest BCUT2D eigenvalue weighted by molar-refractivity contribution is -0.139. The average Bonchev–Trinajstić information content (AvgIpc) is 2.31. The molecule has 0 bridgehead atoms. The van der Waals surface area contributed by atoms with E-state index in [4.69, 9.17) is 16.3 Å². The van der Waals surface area contributed by atoms with Gasteiger partial charge in [-0.1, -0.05) is 46.3 Å². The Morgan fingerprint density at radius 3 is 2.59 bits per heavy atom. The van der Waals surface area contributed by atoms with E-state index in [1.165, 1.54) is 4.08 Å². The first kappa shape index (κ1) is 14.5. The summed E-state index contributed by atoms with van der Waals surface area (Å²) in [5.41, 5.74) is 0.820. The van der Waals surface area contributed by atoms with Gasteiger partial charge < -0.3 is 9.84 Å². The van der Waals surface area contributed by atoms with Crippen LogP contribution in [0.2, 0.25) is 5.02 Å². The van der Waals surface area contributed by atoms with Gasteiger partial charge in [-0.05, 0) is 28.7 Å². The van der Waals surface area contributed by atoms with Crippen molar-refractivity contribution in [3.63, 3.8) is 0 Å². The number of benzene rings is 1. The molecule has 1 atom stereocenters. The number of hydrogen-bond donors (Lipinski definition) is 1. The molecule has 1 rings (SSSR count). The molecule has 0 heterocycles. The summed E-state index contributed by atoms with van der Waals surface area (Å²) in [5.74, 6) is -0.510. The van der Waals surface area contributed by atoms with Crippen LogP contribution < -0.4 is 0 Å². The number of esters is 1. The van der Waals surface area contributed by atoms with Crippen LogP contribution in [-0.4, -0.2) is 17.7 Å². The maximum absolute atomic E-state index is 11.6. The summed E-state index contributed by atoms with van der Waals surface area (Å²) in [4.78, 5) is 11.6. The van der Waals surface area contributed by atoms with Crippen molar-refractivity contribution in [2.75, 3.05) is 6.61 Å². The molecule has 0 radical (unpaired) electrons. The van der Waals surface area contributed by atoms with Crippen LogP contribution in [0.4, 0.5) is 0 Å². The molecule has 0 saturated carbocycles. The van der Waals surface area contributed by atoms with Crippen molar-refractivity contribution in [1.29, 1.82) is 0 Å². The van der Waals surface area contributed by atoms with E-state index in [9.17, 15) is 9.90 Å². The second-order valence-corrected chi connectivity index (χ2v) is 4.30. The summed E-state index contributed by atoms with van der Waals surface area (Å²) < 4.78 is 6.39. The van der Waals surface area contributed by atoms with Crippen molar-refractivity contribution in [1.82, 2.24) is 0 Å². The zero-order valence-electron chi connectivity index (χ0n) is 9.19. The van der Waals surface area contributed by atoms with Crippen molar-refractivity contribution in [3.8, 4) is 0 Å². The van der Waals surface area contributed by atoms with Gasteiger partial charge in [0.05, 0.1) is 12.2 Å². The molecule has 1 unspecified atom stereocenters. The van der Waals surface area contributed by atoms with E-state index in [-0.39, 0.29) is 12.2 Å². The molecule has 0 fully saturated rings. The Morgan fingerprint density at radius 1 is 1.53 bits per heavy atom. The van der Waals surface area contributed by atoms with E-state index in [1.807, 2.05) is 22.6 Å². The topological polar surface area (TPSA) is 46.5 Å². The standard InChI is InChI=1S/C12H12ClIO3/c1-2-17-12(16)10(7-14)11(15)8-3-5-9(13)6-4-8/h3-7,11,15H,2H2,1H3. The van der Waals surface area contributed by atoms with Gasteiger partial charge in [-0.3, -0.25) is 0 Å². The summed E-state index contributed by atoms with van der Waals surface area (Å²) in [6.45, 7) is 2.00. The largest absolute Gasteiger partial charge is 0.463 e. The van der Waals surface area contributed by atoms with Crippen molar-refractivity contribution >= 4 is 40.2 Å². The molecule has 3 nitrogen and oxygen atoms in total. The fourth-order valence-corrected chi connectivity index (χ4v) is 1.98. The summed E-state index contributed by atoms with van der Waals surface area (Å²) in [6, 6.07) is 6.67. The normalized spacial score (nSPS) is 13.3. The lowest BCUT2D eigenvalue weighted by atomic mass is 10.0. The quantitative estimate of drug-likeness (QED) is 0.505. The summed E-state index contributed by atoms with van der Waals surface area (Å²) in [5, 5.41) is 10.6. The van der Waals surface area contributed by atoms with Crippen LogP contribution in [0.1, 0.15) is 18.6 Å². The first-order valence-corrected chi connectivity index (χ1v) is 6.63. The molecule has 0 aliphatic heterocycles. The molecule has 1 aromatic carbocycles. The van der Waals surface area contributed by atoms with Crippen molar-refractivity contribution in [2.24, 2.45) is 0 Å². The molecule has 0 spiro atoms. The minimum absolute atomic E-state index is 0.217. The number of carbonyl (C=O) groups is 1. The van der Waals surface area contributed by atoms with E-state index in [0.717, 1.165) is 0 Å². The van der Waals surface area contributed by atoms with Crippen LogP contribution in [0.25, 0.3) is 0 Å². The highest BCUT2D eigenvalue weighted by molar-refractivity contribution is 14.1. The van der Waals surface area contributed by atoms with Crippen molar-refractivity contribution in [2.45, 2.75) is 13.0 Å². The van der Waals surface area contributed by atoms with Crippen LogP contribution in [0.3, 0.4) is 0 Å². The zero-order valence-corrected chi connectivity index (χ0v) is 12.1. The molecular weight excluding hydrogens is 354 g/mol. The third kappa shape index (κ3) is 3.97. The molecular formula is C12H12ClIO3. The smallest absolute Gasteiger partial charge is 0.337 e. The van der Waals surface area contributed by atoms with Gasteiger partial charge in [0.25, 0.3) is 0 Å². The van der Waals surface area contributed by atoms with Crippen LogP contribution in [0, 0.1) is 0 Å². The minimum Gasteiger partial charge on any atom is -0.463 e. The number of carbonyl (C=O) groups excluding carboxylic acids is 1. The lowest BCUT2D eigenvalue weighted by Gasteiger charge is -2.13. The first-order valence-electron chi connectivity index (χ1n) is 5.01. The molecule has 0 aliphatic carbocycles. The summed E-state index contributed by atoms with van der Waals surface area (Å²) in [7, 11) is 0. The molecule has 1 aromatic rings. The van der Waals surface area contributed by atoms with E-state index < -0.39 is 12.1 Å². The summed E-state index contributed by atoms with van der Waals surface area (Å²) in [6.07, 6.45) is -0.997. The molecule has 0 aromatic heterocycles. The SMILES string of the molecule is CCOC(=O)C(=CI)C(O)c1ccc(Cl)cc1. The molecule has 1 N–H and O–H groups in total. The number of aliphatic hydroxyl groups excluding tert-OH is 1. The number of ether oxygens (including phenoxy) is 1. The average molecular weight is 367 g/mol. The Hall–Kier alpha value is -0.590. The highest BCUT2D eigenvalue weighted by Crippen LogP contribution is 2.25. The monoisotopic (exact) mass is 366 g/mol. The number of halogens is 2. The lowest BCUT2D eigenvalue weighted by Crippen LogP contribution is -2.14. The molecule has 0 amide bonds. The van der Waals surface area contributed by atoms with Gasteiger partial charge in [0.2, 0.25) is 0 Å². The van der Waals surface area contributed by atoms with Gasteiger partial charge in [-0.25, -0.2) is 4.79 Å². The van der Waals surface area contributed by atoms with E-state index in [0.29, 0.717) is 10.6 Å². The highest BCUT2D eigenvalue weighted by Gasteiger charge is 2.20. The van der Waals surface area contributed by atoms with E-state index >= 15 is 0 Å². The second-order valence-electron chi connectivity index (χ2n) is 3.24. The molecule has 92 valence electrons. The molecule has 5 heteroatoms. The van der Waals surface area contributed by atoms with Gasteiger partial charge in [0.1, 0.15) is 6.10 Å². The van der Waals surface area contributed by atoms with Gasteiger partial charge >= 0.3 is 5.97 Å². The second kappa shape index (κ2) is 6.98. The van der Waals surface area contributed by atoms with Crippen molar-refractivity contribution in [3.05, 3.63) is 44.5 Å². The Bertz CT molecular complexity index is 414. The Balaban J connectivity index is 2.90. The van der Waals surface area contributed by atoms with Gasteiger partial charge in [0.15, 0.2) is 0 Å². The van der Waals surface area contributed by atoms with Gasteiger partial charge in [-0.2, -0.15) is 0 Å². The Kier molecular flexibility index (Phi) is 5.94. The number of rotatable bonds is 4. The van der Waals surface area contributed by atoms with E-state index in [1.54, 1.807) is 31.2 Å². The fraction of sp³-hybridized carbons (Fsp3) is 0.250. The number of aliphatic hydroxyl groups is 1. The Labute approximate surface area is 119 Å². The van der Waals surface area contributed by atoms with Gasteiger partial charge in [-0.15, -0.1) is 0 Å². The van der Waals surface area contributed by atoms with Crippen LogP contribution in [0.5, 0.6) is 0 Å². The molecule has 0 saturated heterocycles. The molecule has 17 heavy (non-hydrogen) atoms. The van der Waals surface area contributed by atoms with Crippen molar-refractivity contribution < 1.29 is 14.6 Å². The zero-order chi connectivity index (χ0) is 12.8. The van der Waals surface area contributed by atoms with Crippen LogP contribution in [-0.2, 0) is 9.53 Å². The highest BCUT2D eigenvalue weighted by atomic mass is 127. The maximum atomic E-state index is 11.6. The van der Waals surface area contributed by atoms with Gasteiger partial charge in [0, 0.05) is 5.02 Å². The first-order chi connectivity index (χ1) is 8.10. The third-order valence-electron chi connectivity index (χ3n) is 2.11. The van der Waals surface area contributed by atoms with E-state index in [2.05, 4.69) is 0 Å². The summed E-state index contributed by atoms with van der Waals surface area (Å²) >= 11 is 7.66. The maximum Gasteiger partial charge on any atom is 0.337 e. The number of hydrogen-bond acceptors (Lipinski definition) is 3. The minimum atomic E-state index is -0.997. The fourth-order valence-electron chi connectivity index (χ4n) is 1.25. The Morgan fingerprint density at radius 2 is 2.12 bits per heavy atom.